The monoisotopic (exact) mass is 256 g/mol. The minimum Gasteiger partial charge on any atom is -0.481 e. The SMILES string of the molecule is CC(C)(CCC(=O)O)NC(=O)CN1CCCC1=O. The predicted octanol–water partition coefficient (Wildman–Crippen LogP) is 0.368. The van der Waals surface area contributed by atoms with Crippen LogP contribution in [-0.2, 0) is 14.4 Å². The molecule has 1 rings (SSSR count). The summed E-state index contributed by atoms with van der Waals surface area (Å²) in [7, 11) is 0. The molecule has 0 atom stereocenters. The second-order valence-electron chi connectivity index (χ2n) is 5.24. The van der Waals surface area contributed by atoms with E-state index in [1.54, 1.807) is 13.8 Å². The highest BCUT2D eigenvalue weighted by Gasteiger charge is 2.26. The summed E-state index contributed by atoms with van der Waals surface area (Å²) in [5, 5.41) is 11.4. The Bertz CT molecular complexity index is 352. The van der Waals surface area contributed by atoms with Crippen LogP contribution in [0.2, 0.25) is 0 Å². The molecule has 102 valence electrons. The van der Waals surface area contributed by atoms with E-state index < -0.39 is 11.5 Å². The molecule has 2 N–H and O–H groups in total. The van der Waals surface area contributed by atoms with E-state index in [0.29, 0.717) is 19.4 Å². The number of likely N-dealkylation sites (tertiary alicyclic amines) is 1. The maximum Gasteiger partial charge on any atom is 0.303 e. The fraction of sp³-hybridized carbons (Fsp3) is 0.750. The number of aliphatic carboxylic acids is 1. The zero-order valence-electron chi connectivity index (χ0n) is 10.9. The molecule has 0 saturated carbocycles. The molecule has 1 saturated heterocycles. The minimum atomic E-state index is -0.882. The summed E-state index contributed by atoms with van der Waals surface area (Å²) >= 11 is 0. The summed E-state index contributed by atoms with van der Waals surface area (Å²) in [6.45, 7) is 4.25. The van der Waals surface area contributed by atoms with Crippen molar-refractivity contribution < 1.29 is 19.5 Å². The number of hydrogen-bond donors (Lipinski definition) is 2. The van der Waals surface area contributed by atoms with Gasteiger partial charge in [-0.15, -0.1) is 0 Å². The summed E-state index contributed by atoms with van der Waals surface area (Å²) in [5.41, 5.74) is -0.571. The first-order valence-electron chi connectivity index (χ1n) is 6.11. The van der Waals surface area contributed by atoms with E-state index in [1.807, 2.05) is 0 Å². The predicted molar refractivity (Wildman–Crippen MR) is 64.9 cm³/mol. The molecule has 1 fully saturated rings. The molecule has 0 aliphatic carbocycles. The van der Waals surface area contributed by atoms with Gasteiger partial charge < -0.3 is 15.3 Å². The van der Waals surface area contributed by atoms with Gasteiger partial charge in [-0.1, -0.05) is 0 Å². The normalized spacial score (nSPS) is 15.9. The Hall–Kier alpha value is -1.59. The lowest BCUT2D eigenvalue weighted by Crippen LogP contribution is -2.48. The van der Waals surface area contributed by atoms with Crippen molar-refractivity contribution in [3.8, 4) is 0 Å². The summed E-state index contributed by atoms with van der Waals surface area (Å²) in [4.78, 5) is 35.1. The van der Waals surface area contributed by atoms with Gasteiger partial charge in [-0.2, -0.15) is 0 Å². The molecule has 0 unspecified atom stereocenters. The summed E-state index contributed by atoms with van der Waals surface area (Å²) in [5.74, 6) is -1.11. The lowest BCUT2D eigenvalue weighted by Gasteiger charge is -2.27. The summed E-state index contributed by atoms with van der Waals surface area (Å²) in [6.07, 6.45) is 1.68. The highest BCUT2D eigenvalue weighted by molar-refractivity contribution is 5.86. The number of amides is 2. The number of carbonyl (C=O) groups is 3. The third kappa shape index (κ3) is 4.73. The van der Waals surface area contributed by atoms with Gasteiger partial charge in [0.05, 0.1) is 6.54 Å². The Kier molecular flexibility index (Phi) is 4.69. The molecule has 1 heterocycles. The van der Waals surface area contributed by atoms with Gasteiger partial charge in [0.15, 0.2) is 0 Å². The van der Waals surface area contributed by atoms with Crippen LogP contribution in [0.5, 0.6) is 0 Å². The van der Waals surface area contributed by atoms with E-state index in [1.165, 1.54) is 4.90 Å². The van der Waals surface area contributed by atoms with Crippen LogP contribution in [0.15, 0.2) is 0 Å². The maximum atomic E-state index is 11.8. The molecule has 0 aromatic heterocycles. The highest BCUT2D eigenvalue weighted by atomic mass is 16.4. The first-order chi connectivity index (χ1) is 8.30. The van der Waals surface area contributed by atoms with Gasteiger partial charge in [0.2, 0.25) is 11.8 Å². The van der Waals surface area contributed by atoms with E-state index in [2.05, 4.69) is 5.32 Å². The third-order valence-electron chi connectivity index (χ3n) is 2.95. The van der Waals surface area contributed by atoms with Crippen LogP contribution in [0.25, 0.3) is 0 Å². The zero-order chi connectivity index (χ0) is 13.8. The average Bonchev–Trinajstić information content (AvgIpc) is 2.61. The van der Waals surface area contributed by atoms with Gasteiger partial charge in [-0.3, -0.25) is 14.4 Å². The van der Waals surface area contributed by atoms with Gasteiger partial charge >= 0.3 is 5.97 Å². The first kappa shape index (κ1) is 14.5. The standard InChI is InChI=1S/C12H20N2O4/c1-12(2,6-5-11(17)18)13-9(15)8-14-7-3-4-10(14)16/h3-8H2,1-2H3,(H,13,15)(H,17,18). The molecule has 0 radical (unpaired) electrons. The third-order valence-corrected chi connectivity index (χ3v) is 2.95. The lowest BCUT2D eigenvalue weighted by molar-refractivity contribution is -0.138. The Morgan fingerprint density at radius 1 is 1.44 bits per heavy atom. The Morgan fingerprint density at radius 2 is 2.11 bits per heavy atom. The number of nitrogens with one attached hydrogen (secondary N) is 1. The quantitative estimate of drug-likeness (QED) is 0.718. The van der Waals surface area contributed by atoms with Crippen molar-refractivity contribution in [1.82, 2.24) is 10.2 Å². The molecule has 18 heavy (non-hydrogen) atoms. The van der Waals surface area contributed by atoms with Gasteiger partial charge in [0.25, 0.3) is 0 Å². The second kappa shape index (κ2) is 5.84. The number of nitrogens with zero attached hydrogens (tertiary/aromatic N) is 1. The summed E-state index contributed by atoms with van der Waals surface area (Å²) in [6, 6.07) is 0. The topological polar surface area (TPSA) is 86.7 Å². The number of hydrogen-bond acceptors (Lipinski definition) is 3. The largest absolute Gasteiger partial charge is 0.481 e. The molecule has 0 bridgehead atoms. The zero-order valence-corrected chi connectivity index (χ0v) is 10.9. The molecule has 0 spiro atoms. The second-order valence-corrected chi connectivity index (χ2v) is 5.24. The molecule has 1 aliphatic heterocycles. The van der Waals surface area contributed by atoms with Crippen molar-refractivity contribution in [2.24, 2.45) is 0 Å². The fourth-order valence-electron chi connectivity index (χ4n) is 1.94. The van der Waals surface area contributed by atoms with E-state index in [4.69, 9.17) is 5.11 Å². The Labute approximate surface area is 106 Å². The van der Waals surface area contributed by atoms with Crippen LogP contribution in [0.4, 0.5) is 0 Å². The number of carboxylic acids is 1. The van der Waals surface area contributed by atoms with Crippen molar-refractivity contribution in [1.29, 1.82) is 0 Å². The molecule has 6 heteroatoms. The van der Waals surface area contributed by atoms with Gasteiger partial charge in [0, 0.05) is 24.9 Å². The van der Waals surface area contributed by atoms with E-state index in [9.17, 15) is 14.4 Å². The van der Waals surface area contributed by atoms with E-state index in [-0.39, 0.29) is 24.8 Å². The Morgan fingerprint density at radius 3 is 2.61 bits per heavy atom. The van der Waals surface area contributed by atoms with Gasteiger partial charge in [-0.25, -0.2) is 0 Å². The molecule has 1 aliphatic rings. The van der Waals surface area contributed by atoms with Crippen molar-refractivity contribution in [3.63, 3.8) is 0 Å². The maximum absolute atomic E-state index is 11.8. The molecule has 0 aromatic carbocycles. The number of rotatable bonds is 6. The molecular weight excluding hydrogens is 236 g/mol. The van der Waals surface area contributed by atoms with Crippen LogP contribution < -0.4 is 5.32 Å². The van der Waals surface area contributed by atoms with Crippen molar-refractivity contribution in [2.45, 2.75) is 45.1 Å². The van der Waals surface area contributed by atoms with Crippen LogP contribution in [-0.4, -0.2) is 46.4 Å². The van der Waals surface area contributed by atoms with Crippen molar-refractivity contribution in [3.05, 3.63) is 0 Å². The first-order valence-corrected chi connectivity index (χ1v) is 6.11. The fourth-order valence-corrected chi connectivity index (χ4v) is 1.94. The molecular formula is C12H20N2O4. The summed E-state index contributed by atoms with van der Waals surface area (Å²) < 4.78 is 0. The average molecular weight is 256 g/mol. The van der Waals surface area contributed by atoms with Crippen LogP contribution in [0, 0.1) is 0 Å². The molecule has 0 aromatic rings. The van der Waals surface area contributed by atoms with Crippen LogP contribution >= 0.6 is 0 Å². The van der Waals surface area contributed by atoms with Crippen LogP contribution in [0.1, 0.15) is 39.5 Å². The molecule has 6 nitrogen and oxygen atoms in total. The smallest absolute Gasteiger partial charge is 0.303 e. The minimum absolute atomic E-state index is 0.00786. The van der Waals surface area contributed by atoms with E-state index >= 15 is 0 Å². The van der Waals surface area contributed by atoms with Crippen LogP contribution in [0.3, 0.4) is 0 Å². The van der Waals surface area contributed by atoms with Crippen molar-refractivity contribution >= 4 is 17.8 Å². The Balaban J connectivity index is 2.38. The van der Waals surface area contributed by atoms with E-state index in [0.717, 1.165) is 6.42 Å². The molecule has 2 amide bonds. The van der Waals surface area contributed by atoms with Gasteiger partial charge in [0.1, 0.15) is 0 Å². The highest BCUT2D eigenvalue weighted by Crippen LogP contribution is 2.12. The lowest BCUT2D eigenvalue weighted by atomic mass is 9.98. The van der Waals surface area contributed by atoms with Crippen molar-refractivity contribution in [2.75, 3.05) is 13.1 Å². The number of carboxylic acid groups (broad SMARTS) is 1. The van der Waals surface area contributed by atoms with Gasteiger partial charge in [-0.05, 0) is 26.7 Å². The number of carbonyl (C=O) groups excluding carboxylic acids is 2.